The van der Waals surface area contributed by atoms with Crippen LogP contribution in [0.4, 0.5) is 11.5 Å². The maximum absolute atomic E-state index is 10.8. The van der Waals surface area contributed by atoms with E-state index in [-0.39, 0.29) is 5.69 Å². The molecular formula is C15H15N5O3. The molecule has 3 aromatic rings. The normalized spacial score (nSPS) is 11.0. The monoisotopic (exact) mass is 313 g/mol. The molecule has 8 heteroatoms. The van der Waals surface area contributed by atoms with Crippen molar-refractivity contribution < 1.29 is 9.66 Å². The third kappa shape index (κ3) is 2.71. The van der Waals surface area contributed by atoms with E-state index in [2.05, 4.69) is 10.1 Å². The Labute approximate surface area is 131 Å². The topological polar surface area (TPSA) is 109 Å². The zero-order valence-corrected chi connectivity index (χ0v) is 12.5. The molecule has 0 aliphatic carbocycles. The van der Waals surface area contributed by atoms with Crippen LogP contribution in [0.5, 0.6) is 0 Å². The van der Waals surface area contributed by atoms with Crippen LogP contribution in [0.2, 0.25) is 0 Å². The van der Waals surface area contributed by atoms with Crippen LogP contribution < -0.4 is 5.73 Å². The van der Waals surface area contributed by atoms with Gasteiger partial charge in [0.25, 0.3) is 5.69 Å². The average molecular weight is 313 g/mol. The van der Waals surface area contributed by atoms with Gasteiger partial charge >= 0.3 is 0 Å². The molecule has 0 spiro atoms. The Morgan fingerprint density at radius 2 is 2.09 bits per heavy atom. The summed E-state index contributed by atoms with van der Waals surface area (Å²) in [6.07, 6.45) is 3.21. The van der Waals surface area contributed by atoms with Crippen molar-refractivity contribution >= 4 is 17.0 Å². The van der Waals surface area contributed by atoms with Crippen molar-refractivity contribution in [3.8, 4) is 11.1 Å². The van der Waals surface area contributed by atoms with Crippen molar-refractivity contribution in [2.45, 2.75) is 13.5 Å². The summed E-state index contributed by atoms with van der Waals surface area (Å²) in [6, 6.07) is 6.30. The Kier molecular flexibility index (Phi) is 3.90. The first-order valence-electron chi connectivity index (χ1n) is 7.05. The molecule has 118 valence electrons. The second kappa shape index (κ2) is 6.01. The summed E-state index contributed by atoms with van der Waals surface area (Å²) >= 11 is 0. The first-order valence-corrected chi connectivity index (χ1v) is 7.05. The minimum absolute atomic E-state index is 0.0350. The zero-order chi connectivity index (χ0) is 16.4. The number of rotatable bonds is 5. The smallest absolute Gasteiger partial charge is 0.269 e. The van der Waals surface area contributed by atoms with Crippen molar-refractivity contribution in [2.24, 2.45) is 0 Å². The van der Waals surface area contributed by atoms with Crippen LogP contribution in [-0.4, -0.2) is 26.1 Å². The van der Waals surface area contributed by atoms with Crippen LogP contribution in [0.1, 0.15) is 12.5 Å². The summed E-state index contributed by atoms with van der Waals surface area (Å²) in [5, 5.41) is 15.0. The van der Waals surface area contributed by atoms with E-state index in [0.717, 1.165) is 16.7 Å². The van der Waals surface area contributed by atoms with E-state index in [4.69, 9.17) is 10.5 Å². The van der Waals surface area contributed by atoms with E-state index >= 15 is 0 Å². The van der Waals surface area contributed by atoms with Crippen LogP contribution in [0, 0.1) is 10.1 Å². The van der Waals surface area contributed by atoms with Gasteiger partial charge in [0.05, 0.1) is 11.5 Å². The molecule has 2 heterocycles. The summed E-state index contributed by atoms with van der Waals surface area (Å²) < 4.78 is 7.15. The summed E-state index contributed by atoms with van der Waals surface area (Å²) in [5.74, 6) is 0.344. The number of ether oxygens (including phenoxy) is 1. The highest BCUT2D eigenvalue weighted by Gasteiger charge is 2.17. The van der Waals surface area contributed by atoms with Crippen LogP contribution in [0.25, 0.3) is 16.6 Å². The van der Waals surface area contributed by atoms with E-state index in [1.165, 1.54) is 18.5 Å². The molecule has 0 radical (unpaired) electrons. The molecule has 23 heavy (non-hydrogen) atoms. The molecule has 0 unspecified atom stereocenters. The first kappa shape index (κ1) is 14.9. The average Bonchev–Trinajstić information content (AvgIpc) is 2.92. The number of benzene rings is 1. The highest BCUT2D eigenvalue weighted by atomic mass is 16.6. The quantitative estimate of drug-likeness (QED) is 0.572. The molecule has 0 saturated heterocycles. The molecule has 0 aliphatic heterocycles. The van der Waals surface area contributed by atoms with Crippen LogP contribution >= 0.6 is 0 Å². The second-order valence-corrected chi connectivity index (χ2v) is 4.91. The number of non-ortho nitro benzene ring substituents is 1. The third-order valence-electron chi connectivity index (χ3n) is 3.51. The third-order valence-corrected chi connectivity index (χ3v) is 3.51. The van der Waals surface area contributed by atoms with Gasteiger partial charge in [-0.2, -0.15) is 5.10 Å². The molecule has 8 nitrogen and oxygen atoms in total. The van der Waals surface area contributed by atoms with E-state index in [9.17, 15) is 10.1 Å². The van der Waals surface area contributed by atoms with Gasteiger partial charge in [0.2, 0.25) is 0 Å². The number of fused-ring (bicyclic) bond motifs is 1. The molecule has 0 atom stereocenters. The SMILES string of the molecule is CCOCc1cn2ncnc(N)c2c1-c1ccc([N+](=O)[O-])cc1. The number of hydrogen-bond acceptors (Lipinski definition) is 6. The Bertz CT molecular complexity index is 857. The maximum Gasteiger partial charge on any atom is 0.269 e. The lowest BCUT2D eigenvalue weighted by atomic mass is 10.0. The lowest BCUT2D eigenvalue weighted by molar-refractivity contribution is -0.384. The molecular weight excluding hydrogens is 298 g/mol. The van der Waals surface area contributed by atoms with Crippen molar-refractivity contribution in [2.75, 3.05) is 12.3 Å². The zero-order valence-electron chi connectivity index (χ0n) is 12.5. The lowest BCUT2D eigenvalue weighted by Crippen LogP contribution is -1.98. The number of nitro groups is 1. The minimum atomic E-state index is -0.430. The van der Waals surface area contributed by atoms with Crippen LogP contribution in [0.3, 0.4) is 0 Å². The molecule has 0 aliphatic rings. The molecule has 0 fully saturated rings. The van der Waals surface area contributed by atoms with E-state index in [0.29, 0.717) is 24.5 Å². The van der Waals surface area contributed by atoms with Crippen molar-refractivity contribution in [3.05, 3.63) is 52.5 Å². The Balaban J connectivity index is 2.18. The molecule has 3 rings (SSSR count). The molecule has 0 saturated carbocycles. The lowest BCUT2D eigenvalue weighted by Gasteiger charge is -2.06. The van der Waals surface area contributed by atoms with Gasteiger partial charge in [0.15, 0.2) is 5.82 Å². The van der Waals surface area contributed by atoms with Gasteiger partial charge in [-0.05, 0) is 24.6 Å². The Morgan fingerprint density at radius 3 is 2.74 bits per heavy atom. The van der Waals surface area contributed by atoms with E-state index in [1.54, 1.807) is 16.6 Å². The van der Waals surface area contributed by atoms with Gasteiger partial charge in [-0.1, -0.05) is 0 Å². The highest BCUT2D eigenvalue weighted by Crippen LogP contribution is 2.33. The molecule has 2 aromatic heterocycles. The maximum atomic E-state index is 10.8. The summed E-state index contributed by atoms with van der Waals surface area (Å²) in [4.78, 5) is 14.4. The van der Waals surface area contributed by atoms with Crippen LogP contribution in [-0.2, 0) is 11.3 Å². The Morgan fingerprint density at radius 1 is 1.35 bits per heavy atom. The van der Waals surface area contributed by atoms with Gasteiger partial charge in [-0.25, -0.2) is 9.50 Å². The predicted octanol–water partition coefficient (Wildman–Crippen LogP) is 2.42. The van der Waals surface area contributed by atoms with Crippen molar-refractivity contribution in [1.82, 2.24) is 14.6 Å². The van der Waals surface area contributed by atoms with E-state index < -0.39 is 4.92 Å². The van der Waals surface area contributed by atoms with Crippen LogP contribution in [0.15, 0.2) is 36.8 Å². The number of nitrogens with zero attached hydrogens (tertiary/aromatic N) is 4. The van der Waals surface area contributed by atoms with Gasteiger partial charge < -0.3 is 10.5 Å². The number of nitrogen functional groups attached to an aromatic ring is 1. The minimum Gasteiger partial charge on any atom is -0.382 e. The van der Waals surface area contributed by atoms with Gasteiger partial charge in [0.1, 0.15) is 11.8 Å². The van der Waals surface area contributed by atoms with Crippen molar-refractivity contribution in [1.29, 1.82) is 0 Å². The molecule has 1 aromatic carbocycles. The molecule has 0 bridgehead atoms. The summed E-state index contributed by atoms with van der Waals surface area (Å²) in [7, 11) is 0. The van der Waals surface area contributed by atoms with Gasteiger partial charge in [0, 0.05) is 36.1 Å². The Hall–Kier alpha value is -3.00. The predicted molar refractivity (Wildman–Crippen MR) is 84.8 cm³/mol. The first-order chi connectivity index (χ1) is 11.1. The van der Waals surface area contributed by atoms with E-state index in [1.807, 2.05) is 13.1 Å². The number of aromatic nitrogens is 3. The molecule has 2 N–H and O–H groups in total. The highest BCUT2D eigenvalue weighted by molar-refractivity contribution is 5.90. The standard InChI is InChI=1S/C15H15N5O3/c1-2-23-8-11-7-19-14(15(16)17-9-18-19)13(11)10-3-5-12(6-4-10)20(21)22/h3-7,9H,2,8H2,1H3,(H2,16,17,18). The fourth-order valence-corrected chi connectivity index (χ4v) is 2.48. The fraction of sp³-hybridized carbons (Fsp3) is 0.200. The largest absolute Gasteiger partial charge is 0.382 e. The number of anilines is 1. The van der Waals surface area contributed by atoms with Gasteiger partial charge in [-0.15, -0.1) is 0 Å². The fourth-order valence-electron chi connectivity index (χ4n) is 2.48. The number of hydrogen-bond donors (Lipinski definition) is 1. The van der Waals surface area contributed by atoms with Crippen molar-refractivity contribution in [3.63, 3.8) is 0 Å². The van der Waals surface area contributed by atoms with Gasteiger partial charge in [-0.3, -0.25) is 10.1 Å². The summed E-state index contributed by atoms with van der Waals surface area (Å²) in [6.45, 7) is 2.88. The number of nitrogens with two attached hydrogens (primary N) is 1. The second-order valence-electron chi connectivity index (χ2n) is 4.91. The summed E-state index contributed by atoms with van der Waals surface area (Å²) in [5.41, 5.74) is 9.21. The number of nitro benzene ring substituents is 1. The molecule has 0 amide bonds.